The number of hydrogen-bond acceptors (Lipinski definition) is 7. The van der Waals surface area contributed by atoms with E-state index < -0.39 is 17.2 Å². The maximum absolute atomic E-state index is 11.9. The van der Waals surface area contributed by atoms with Gasteiger partial charge in [0.05, 0.1) is 11.6 Å². The van der Waals surface area contributed by atoms with E-state index in [0.717, 1.165) is 0 Å². The van der Waals surface area contributed by atoms with Crippen LogP contribution in [0.25, 0.3) is 0 Å². The largest absolute Gasteiger partial charge is 0.457 e. The first kappa shape index (κ1) is 15.6. The van der Waals surface area contributed by atoms with Crippen molar-refractivity contribution in [2.45, 2.75) is 45.8 Å². The van der Waals surface area contributed by atoms with Crippen LogP contribution in [0.2, 0.25) is 0 Å². The molecule has 7 heteroatoms. The number of thioether (sulfide) groups is 1. The van der Waals surface area contributed by atoms with Gasteiger partial charge in [0, 0.05) is 0 Å². The lowest BCUT2D eigenvalue weighted by molar-refractivity contribution is -0.179. The van der Waals surface area contributed by atoms with Gasteiger partial charge in [-0.15, -0.1) is 0 Å². The van der Waals surface area contributed by atoms with Crippen molar-refractivity contribution in [3.8, 4) is 0 Å². The number of amidine groups is 1. The van der Waals surface area contributed by atoms with Crippen LogP contribution < -0.4 is 5.73 Å². The first-order valence-electron chi connectivity index (χ1n) is 5.80. The normalized spacial score (nSPS) is 15.6. The fourth-order valence-electron chi connectivity index (χ4n) is 1.03. The third-order valence-corrected chi connectivity index (χ3v) is 2.75. The van der Waals surface area contributed by atoms with Crippen LogP contribution in [0, 0.1) is 0 Å². The summed E-state index contributed by atoms with van der Waals surface area (Å²) in [5.41, 5.74) is 4.33. The molecule has 0 aromatic heterocycles. The summed E-state index contributed by atoms with van der Waals surface area (Å²) in [6, 6.07) is 0. The minimum absolute atomic E-state index is 0.476. The molecule has 0 amide bonds. The lowest BCUT2D eigenvalue weighted by Gasteiger charge is -2.26. The van der Waals surface area contributed by atoms with Crippen LogP contribution in [0.3, 0.4) is 0 Å². The molecule has 0 atom stereocenters. The van der Waals surface area contributed by atoms with Gasteiger partial charge in [-0.3, -0.25) is 0 Å². The Balaban J connectivity index is 2.65. The van der Waals surface area contributed by atoms with Gasteiger partial charge in [-0.2, -0.15) is 0 Å². The van der Waals surface area contributed by atoms with Crippen LogP contribution in [-0.4, -0.2) is 34.0 Å². The highest BCUT2D eigenvalue weighted by Gasteiger charge is 2.35. The third kappa shape index (κ3) is 5.36. The molecule has 19 heavy (non-hydrogen) atoms. The van der Waals surface area contributed by atoms with E-state index in [-0.39, 0.29) is 0 Å². The zero-order chi connectivity index (χ0) is 14.7. The molecule has 1 aliphatic rings. The van der Waals surface area contributed by atoms with Crippen LogP contribution in [0.5, 0.6) is 0 Å². The number of esters is 1. The number of hydrogen-bond donors (Lipinski definition) is 1. The fourth-order valence-corrected chi connectivity index (χ4v) is 1.61. The van der Waals surface area contributed by atoms with Crippen molar-refractivity contribution in [3.05, 3.63) is 5.70 Å². The molecule has 1 heterocycles. The second kappa shape index (κ2) is 5.67. The molecule has 0 fully saturated rings. The second-order valence-electron chi connectivity index (χ2n) is 5.49. The lowest BCUT2D eigenvalue weighted by Crippen LogP contribution is -2.39. The van der Waals surface area contributed by atoms with Crippen molar-refractivity contribution in [2.24, 2.45) is 15.9 Å². The Labute approximate surface area is 117 Å². The quantitative estimate of drug-likeness (QED) is 0.484. The number of nitrogens with two attached hydrogens (primary N) is 1. The predicted molar refractivity (Wildman–Crippen MR) is 76.0 cm³/mol. The standard InChI is InChI=1S/C12H19N3O3S/c1-11(2,3)17-9(16)12(4,5)18-14-6-8-7-19-10(13)15-8/h7H2,1-5H3,(H2,13,15). The Morgan fingerprint density at radius 2 is 2.05 bits per heavy atom. The van der Waals surface area contributed by atoms with Crippen LogP contribution in [0.15, 0.2) is 15.8 Å². The van der Waals surface area contributed by atoms with Gasteiger partial charge in [-0.05, 0) is 39.8 Å². The van der Waals surface area contributed by atoms with Crippen molar-refractivity contribution in [1.29, 1.82) is 0 Å². The van der Waals surface area contributed by atoms with E-state index >= 15 is 0 Å². The van der Waals surface area contributed by atoms with E-state index in [1.165, 1.54) is 11.8 Å². The molecule has 1 aliphatic heterocycles. The molecule has 0 unspecified atom stereocenters. The van der Waals surface area contributed by atoms with Gasteiger partial charge in [0.2, 0.25) is 5.60 Å². The van der Waals surface area contributed by atoms with Crippen molar-refractivity contribution in [1.82, 2.24) is 0 Å². The molecule has 0 aliphatic carbocycles. The maximum Gasteiger partial charge on any atom is 0.353 e. The van der Waals surface area contributed by atoms with Gasteiger partial charge in [0.15, 0.2) is 5.17 Å². The molecule has 0 aromatic rings. The molecule has 0 radical (unpaired) electrons. The highest BCUT2D eigenvalue weighted by molar-refractivity contribution is 8.14. The summed E-state index contributed by atoms with van der Waals surface area (Å²) in [5, 5.41) is 4.12. The number of rotatable bonds is 3. The molecule has 0 aromatic carbocycles. The second-order valence-corrected chi connectivity index (χ2v) is 6.49. The van der Waals surface area contributed by atoms with E-state index in [2.05, 4.69) is 16.0 Å². The van der Waals surface area contributed by atoms with Crippen molar-refractivity contribution in [2.75, 3.05) is 5.75 Å². The number of carbonyl (C=O) groups is 1. The zero-order valence-electron chi connectivity index (χ0n) is 11.8. The average Bonchev–Trinajstić information content (AvgIpc) is 2.61. The molecule has 0 saturated carbocycles. The molecular weight excluding hydrogens is 266 g/mol. The molecule has 0 saturated heterocycles. The number of aliphatic imine (C=N–C) groups is 1. The van der Waals surface area contributed by atoms with Gasteiger partial charge >= 0.3 is 5.97 Å². The smallest absolute Gasteiger partial charge is 0.353 e. The third-order valence-electron chi connectivity index (χ3n) is 1.94. The van der Waals surface area contributed by atoms with E-state index in [1.807, 2.05) is 0 Å². The topological polar surface area (TPSA) is 86.3 Å². The Hall–Kier alpha value is -1.46. The van der Waals surface area contributed by atoms with Crippen LogP contribution >= 0.6 is 11.8 Å². The molecule has 0 spiro atoms. The first-order chi connectivity index (χ1) is 8.60. The molecule has 2 N–H and O–H groups in total. The summed E-state index contributed by atoms with van der Waals surface area (Å²) < 4.78 is 5.23. The Bertz CT molecular complexity index is 457. The number of carbonyl (C=O) groups excluding carboxylic acids is 1. The van der Waals surface area contributed by atoms with Gasteiger partial charge in [-0.25, -0.2) is 9.79 Å². The number of nitrogens with zero attached hydrogens (tertiary/aromatic N) is 2. The van der Waals surface area contributed by atoms with Crippen LogP contribution in [0.1, 0.15) is 34.6 Å². The van der Waals surface area contributed by atoms with E-state index in [9.17, 15) is 4.79 Å². The van der Waals surface area contributed by atoms with E-state index in [1.54, 1.807) is 34.6 Å². The Kier molecular flexibility index (Phi) is 4.66. The Morgan fingerprint density at radius 3 is 2.53 bits per heavy atom. The summed E-state index contributed by atoms with van der Waals surface area (Å²) in [4.78, 5) is 21.0. The highest BCUT2D eigenvalue weighted by atomic mass is 32.2. The minimum atomic E-state index is -1.18. The summed E-state index contributed by atoms with van der Waals surface area (Å²) in [6.07, 6.45) is 0. The highest BCUT2D eigenvalue weighted by Crippen LogP contribution is 2.18. The molecule has 6 nitrogen and oxygen atoms in total. The van der Waals surface area contributed by atoms with Gasteiger partial charge in [0.25, 0.3) is 0 Å². The van der Waals surface area contributed by atoms with Crippen molar-refractivity contribution in [3.63, 3.8) is 0 Å². The monoisotopic (exact) mass is 285 g/mol. The summed E-state index contributed by atoms with van der Waals surface area (Å²) in [6.45, 7) is 8.54. The summed E-state index contributed by atoms with van der Waals surface area (Å²) in [5.74, 6) is 2.73. The van der Waals surface area contributed by atoms with Crippen LogP contribution in [-0.2, 0) is 14.4 Å². The van der Waals surface area contributed by atoms with Gasteiger partial charge in [0.1, 0.15) is 11.3 Å². The maximum atomic E-state index is 11.9. The van der Waals surface area contributed by atoms with Crippen molar-refractivity contribution < 1.29 is 14.4 Å². The SMILES string of the molecule is CC(C)(C)OC(=O)C(C)(C)ON=C=C1CSC(N)=N1. The molecule has 1 rings (SSSR count). The minimum Gasteiger partial charge on any atom is -0.457 e. The number of ether oxygens (including phenoxy) is 1. The van der Waals surface area contributed by atoms with E-state index in [0.29, 0.717) is 16.6 Å². The first-order valence-corrected chi connectivity index (χ1v) is 6.79. The van der Waals surface area contributed by atoms with Crippen LogP contribution in [0.4, 0.5) is 0 Å². The molecule has 0 bridgehead atoms. The lowest BCUT2D eigenvalue weighted by atomic mass is 10.1. The summed E-state index contributed by atoms with van der Waals surface area (Å²) >= 11 is 1.40. The Morgan fingerprint density at radius 1 is 1.42 bits per heavy atom. The van der Waals surface area contributed by atoms with E-state index in [4.69, 9.17) is 15.3 Å². The van der Waals surface area contributed by atoms with Gasteiger partial charge < -0.3 is 15.3 Å². The zero-order valence-corrected chi connectivity index (χ0v) is 12.6. The van der Waals surface area contributed by atoms with Gasteiger partial charge in [-0.1, -0.05) is 11.8 Å². The summed E-state index contributed by atoms with van der Waals surface area (Å²) in [7, 11) is 0. The molecular formula is C12H19N3O3S. The molecule has 106 valence electrons. The predicted octanol–water partition coefficient (Wildman–Crippen LogP) is 1.65. The van der Waals surface area contributed by atoms with Crippen molar-refractivity contribution >= 4 is 28.8 Å². The fraction of sp³-hybridized carbons (Fsp3) is 0.667. The average molecular weight is 285 g/mol.